The van der Waals surface area contributed by atoms with Crippen LogP contribution in [0.2, 0.25) is 0 Å². The van der Waals surface area contributed by atoms with Gasteiger partial charge in [0.2, 0.25) is 12.0 Å². The highest BCUT2D eigenvalue weighted by atomic mass is 16.7. The van der Waals surface area contributed by atoms with Crippen LogP contribution in [0.15, 0.2) is 11.5 Å². The molecule has 0 spiro atoms. The lowest BCUT2D eigenvalue weighted by Crippen LogP contribution is -2.59. The summed E-state index contributed by atoms with van der Waals surface area (Å²) in [7, 11) is 0. The van der Waals surface area contributed by atoms with Crippen LogP contribution < -0.4 is 0 Å². The molecule has 11 nitrogen and oxygen atoms in total. The van der Waals surface area contributed by atoms with Crippen LogP contribution in [0.3, 0.4) is 0 Å². The van der Waals surface area contributed by atoms with E-state index in [4.69, 9.17) is 19.7 Å². The van der Waals surface area contributed by atoms with Crippen LogP contribution in [0.5, 0.6) is 0 Å². The third-order valence-corrected chi connectivity index (χ3v) is 3.55. The van der Waals surface area contributed by atoms with E-state index < -0.39 is 73.6 Å². The van der Waals surface area contributed by atoms with Gasteiger partial charge in [-0.15, -0.1) is 0 Å². The monoisotopic (exact) mass is 338 g/mol. The van der Waals surface area contributed by atoms with Crippen molar-refractivity contribution in [2.75, 3.05) is 13.2 Å². The Morgan fingerprint density at radius 2 is 1.78 bits per heavy atom. The second kappa shape index (κ2) is 6.97. The second-order valence-corrected chi connectivity index (χ2v) is 5.10. The second-order valence-electron chi connectivity index (χ2n) is 5.10. The van der Waals surface area contributed by atoms with E-state index in [0.717, 1.165) is 0 Å². The number of aliphatic hydroxyl groups is 7. The van der Waals surface area contributed by atoms with Gasteiger partial charge in [-0.2, -0.15) is 0 Å². The predicted octanol–water partition coefficient (Wildman–Crippen LogP) is -4.15. The van der Waals surface area contributed by atoms with E-state index in [0.29, 0.717) is 0 Å². The topological polar surface area (TPSA) is 186 Å². The van der Waals surface area contributed by atoms with Gasteiger partial charge in [-0.05, 0) is 0 Å². The fourth-order valence-corrected chi connectivity index (χ4v) is 2.22. The summed E-state index contributed by atoms with van der Waals surface area (Å²) in [6.07, 6.45) is -11.2. The van der Waals surface area contributed by atoms with E-state index in [-0.39, 0.29) is 0 Å². The number of hydrogen-bond donors (Lipinski definition) is 7. The molecule has 0 unspecified atom stereocenters. The van der Waals surface area contributed by atoms with E-state index in [2.05, 4.69) is 4.74 Å². The zero-order valence-electron chi connectivity index (χ0n) is 11.7. The van der Waals surface area contributed by atoms with Gasteiger partial charge < -0.3 is 50.0 Å². The summed E-state index contributed by atoms with van der Waals surface area (Å²) in [5.41, 5.74) is 0. The van der Waals surface area contributed by atoms with Crippen molar-refractivity contribution in [3.8, 4) is 0 Å². The van der Waals surface area contributed by atoms with E-state index in [1.807, 2.05) is 0 Å². The predicted molar refractivity (Wildman–Crippen MR) is 67.5 cm³/mol. The standard InChI is InChI=1S/C12H18O11/c13-1-3(15)9-10(8(19)11(20)22-9)23-12-7(18)6(17)5(16)4(2-14)21-12/h3-7,9,12-19H,1-2H2/t3-,4+,5+,6-,7+,9+,12+/m0/s1. The third-order valence-electron chi connectivity index (χ3n) is 3.55. The van der Waals surface area contributed by atoms with Gasteiger partial charge in [-0.1, -0.05) is 0 Å². The number of rotatable bonds is 5. The molecule has 0 aliphatic carbocycles. The first-order chi connectivity index (χ1) is 10.8. The largest absolute Gasteiger partial charge is 0.499 e. The van der Waals surface area contributed by atoms with Gasteiger partial charge in [0.25, 0.3) is 0 Å². The van der Waals surface area contributed by atoms with Crippen LogP contribution in [0.1, 0.15) is 0 Å². The number of carbonyl (C=O) groups is 1. The highest BCUT2D eigenvalue weighted by Crippen LogP contribution is 2.30. The van der Waals surface area contributed by atoms with Crippen molar-refractivity contribution in [2.24, 2.45) is 0 Å². The molecule has 0 radical (unpaired) electrons. The molecule has 2 aliphatic heterocycles. The lowest BCUT2D eigenvalue weighted by atomic mass is 9.99. The first kappa shape index (κ1) is 17.9. The summed E-state index contributed by atoms with van der Waals surface area (Å²) >= 11 is 0. The van der Waals surface area contributed by atoms with E-state index in [1.165, 1.54) is 0 Å². The molecule has 0 amide bonds. The van der Waals surface area contributed by atoms with Crippen LogP contribution in [-0.4, -0.2) is 97.8 Å². The Labute approximate surface area is 129 Å². The van der Waals surface area contributed by atoms with Crippen molar-refractivity contribution >= 4 is 5.97 Å². The summed E-state index contributed by atoms with van der Waals surface area (Å²) in [6.45, 7) is -1.51. The maximum Gasteiger partial charge on any atom is 0.378 e. The molecule has 0 saturated carbocycles. The normalized spacial score (nSPS) is 39.3. The van der Waals surface area contributed by atoms with Crippen molar-refractivity contribution in [3.05, 3.63) is 11.5 Å². The lowest BCUT2D eigenvalue weighted by Gasteiger charge is -2.40. The van der Waals surface area contributed by atoms with Crippen molar-refractivity contribution in [2.45, 2.75) is 42.9 Å². The Morgan fingerprint density at radius 1 is 1.13 bits per heavy atom. The van der Waals surface area contributed by atoms with Gasteiger partial charge in [0, 0.05) is 0 Å². The summed E-state index contributed by atoms with van der Waals surface area (Å²) in [6, 6.07) is 0. The maximum absolute atomic E-state index is 11.3. The van der Waals surface area contributed by atoms with Crippen molar-refractivity contribution in [1.29, 1.82) is 0 Å². The molecule has 132 valence electrons. The van der Waals surface area contributed by atoms with Crippen molar-refractivity contribution in [1.82, 2.24) is 0 Å². The third kappa shape index (κ3) is 3.26. The smallest absolute Gasteiger partial charge is 0.378 e. The number of esters is 1. The van der Waals surface area contributed by atoms with Gasteiger partial charge in [-0.25, -0.2) is 4.79 Å². The zero-order chi connectivity index (χ0) is 17.3. The Kier molecular flexibility index (Phi) is 5.41. The average molecular weight is 338 g/mol. The molecule has 2 aliphatic rings. The Hall–Kier alpha value is -1.47. The Morgan fingerprint density at radius 3 is 2.35 bits per heavy atom. The summed E-state index contributed by atoms with van der Waals surface area (Å²) < 4.78 is 14.8. The number of cyclic esters (lactones) is 1. The number of hydrogen-bond acceptors (Lipinski definition) is 11. The summed E-state index contributed by atoms with van der Waals surface area (Å²) in [4.78, 5) is 11.3. The molecular weight excluding hydrogens is 320 g/mol. The van der Waals surface area contributed by atoms with Crippen LogP contribution in [-0.2, 0) is 19.0 Å². The summed E-state index contributed by atoms with van der Waals surface area (Å²) in [5.74, 6) is -2.83. The molecule has 2 heterocycles. The number of carbonyl (C=O) groups excluding carboxylic acids is 1. The van der Waals surface area contributed by atoms with Gasteiger partial charge >= 0.3 is 5.97 Å². The molecule has 11 heteroatoms. The molecule has 7 atom stereocenters. The Balaban J connectivity index is 2.20. The SMILES string of the molecule is O=C1O[C@H]([C@@H](O)CO)C(O[C@H]2O[C@H](CO)[C@@H](O)[C@H](O)[C@H]2O)=C1O. The van der Waals surface area contributed by atoms with Gasteiger partial charge in [-0.3, -0.25) is 0 Å². The van der Waals surface area contributed by atoms with Crippen molar-refractivity contribution in [3.63, 3.8) is 0 Å². The van der Waals surface area contributed by atoms with E-state index >= 15 is 0 Å². The van der Waals surface area contributed by atoms with Crippen LogP contribution in [0.25, 0.3) is 0 Å². The minimum absolute atomic E-state index is 0.610. The minimum Gasteiger partial charge on any atom is -0.499 e. The quantitative estimate of drug-likeness (QED) is 0.241. The van der Waals surface area contributed by atoms with Crippen LogP contribution in [0, 0.1) is 0 Å². The highest BCUT2D eigenvalue weighted by molar-refractivity contribution is 5.89. The fourth-order valence-electron chi connectivity index (χ4n) is 2.22. The average Bonchev–Trinajstić information content (AvgIpc) is 2.82. The molecule has 2 rings (SSSR count). The van der Waals surface area contributed by atoms with Crippen LogP contribution in [0.4, 0.5) is 0 Å². The Bertz CT molecular complexity index is 476. The molecule has 0 bridgehead atoms. The van der Waals surface area contributed by atoms with Gasteiger partial charge in [0.15, 0.2) is 11.9 Å². The zero-order valence-corrected chi connectivity index (χ0v) is 11.7. The van der Waals surface area contributed by atoms with Gasteiger partial charge in [0.1, 0.15) is 30.5 Å². The molecule has 0 aromatic carbocycles. The van der Waals surface area contributed by atoms with Crippen LogP contribution >= 0.6 is 0 Å². The number of ether oxygens (including phenoxy) is 3. The molecular formula is C12H18O11. The lowest BCUT2D eigenvalue weighted by molar-refractivity contribution is -0.294. The van der Waals surface area contributed by atoms with E-state index in [9.17, 15) is 30.3 Å². The molecule has 23 heavy (non-hydrogen) atoms. The fraction of sp³-hybridized carbons (Fsp3) is 0.750. The molecule has 1 saturated heterocycles. The molecule has 0 aromatic heterocycles. The molecule has 0 aromatic rings. The number of aliphatic hydroxyl groups excluding tert-OH is 7. The summed E-state index contributed by atoms with van der Waals surface area (Å²) in [5, 5.41) is 66.3. The van der Waals surface area contributed by atoms with Gasteiger partial charge in [0.05, 0.1) is 13.2 Å². The first-order valence-electron chi connectivity index (χ1n) is 6.72. The maximum atomic E-state index is 11.3. The molecule has 7 N–H and O–H groups in total. The first-order valence-corrected chi connectivity index (χ1v) is 6.72. The minimum atomic E-state index is -1.78. The molecule has 1 fully saturated rings. The van der Waals surface area contributed by atoms with Crippen molar-refractivity contribution < 1.29 is 54.8 Å². The van der Waals surface area contributed by atoms with E-state index in [1.54, 1.807) is 0 Å². The highest BCUT2D eigenvalue weighted by Gasteiger charge is 2.48.